The minimum Gasteiger partial charge on any atom is -0.398 e. The number of rotatable bonds is 4. The molecule has 0 fully saturated rings. The maximum absolute atomic E-state index is 13.5. The van der Waals surface area contributed by atoms with Crippen LogP contribution in [0.2, 0.25) is 0 Å². The van der Waals surface area contributed by atoms with Crippen LogP contribution >= 0.6 is 0 Å². The van der Waals surface area contributed by atoms with E-state index in [0.717, 1.165) is 6.07 Å². The molecule has 0 spiro atoms. The van der Waals surface area contributed by atoms with Crippen molar-refractivity contribution in [2.75, 3.05) is 5.73 Å². The molecule has 0 atom stereocenters. The van der Waals surface area contributed by atoms with Gasteiger partial charge in [0, 0.05) is 6.07 Å². The molecule has 0 saturated heterocycles. The second-order valence-corrected chi connectivity index (χ2v) is 5.18. The predicted molar refractivity (Wildman–Crippen MR) is 61.3 cm³/mol. The number of sulfonamides is 1. The maximum atomic E-state index is 13.5. The Bertz CT molecular complexity index is 620. The van der Waals surface area contributed by atoms with E-state index >= 15 is 0 Å². The number of anilines is 1. The van der Waals surface area contributed by atoms with Gasteiger partial charge in [0.05, 0.1) is 17.9 Å². The fourth-order valence-corrected chi connectivity index (χ4v) is 2.56. The molecule has 96 valence electrons. The first-order valence-corrected chi connectivity index (χ1v) is 6.42. The number of benzene rings is 1. The molecule has 1 heterocycles. The van der Waals surface area contributed by atoms with Crippen molar-refractivity contribution in [3.63, 3.8) is 0 Å². The summed E-state index contributed by atoms with van der Waals surface area (Å²) in [5.41, 5.74) is 5.70. The van der Waals surface area contributed by atoms with Crippen LogP contribution in [0.3, 0.4) is 0 Å². The van der Waals surface area contributed by atoms with Crippen molar-refractivity contribution in [3.05, 3.63) is 42.0 Å². The fourth-order valence-electron chi connectivity index (χ4n) is 1.38. The minimum atomic E-state index is -4.03. The highest BCUT2D eigenvalue weighted by Crippen LogP contribution is 2.21. The van der Waals surface area contributed by atoms with E-state index in [9.17, 15) is 12.8 Å². The van der Waals surface area contributed by atoms with Crippen molar-refractivity contribution in [3.8, 4) is 0 Å². The third-order valence-electron chi connectivity index (χ3n) is 2.20. The van der Waals surface area contributed by atoms with Crippen molar-refractivity contribution >= 4 is 15.7 Å². The van der Waals surface area contributed by atoms with Gasteiger partial charge in [0.25, 0.3) is 0 Å². The number of nitrogens with zero attached hydrogens (tertiary/aromatic N) is 1. The lowest BCUT2D eigenvalue weighted by Crippen LogP contribution is -2.25. The average molecular weight is 271 g/mol. The quantitative estimate of drug-likeness (QED) is 0.804. The van der Waals surface area contributed by atoms with Gasteiger partial charge < -0.3 is 10.3 Å². The second-order valence-electron chi connectivity index (χ2n) is 3.47. The van der Waals surface area contributed by atoms with Crippen LogP contribution in [0.4, 0.5) is 10.1 Å². The van der Waals surface area contributed by atoms with Crippen molar-refractivity contribution in [2.24, 2.45) is 0 Å². The van der Waals surface area contributed by atoms with Gasteiger partial charge in [0.2, 0.25) is 10.0 Å². The lowest BCUT2D eigenvalue weighted by Gasteiger charge is -2.08. The molecule has 2 aromatic rings. The molecule has 0 aliphatic heterocycles. The number of hydrogen-bond donors (Lipinski definition) is 2. The van der Waals surface area contributed by atoms with E-state index in [-0.39, 0.29) is 12.2 Å². The summed E-state index contributed by atoms with van der Waals surface area (Å²) in [7, 11) is -4.03. The zero-order valence-electron chi connectivity index (χ0n) is 9.13. The summed E-state index contributed by atoms with van der Waals surface area (Å²) in [4.78, 5) is -0.562. The molecule has 0 aliphatic rings. The van der Waals surface area contributed by atoms with Crippen molar-refractivity contribution in [1.82, 2.24) is 9.88 Å². The Labute approximate surface area is 103 Å². The third kappa shape index (κ3) is 2.49. The van der Waals surface area contributed by atoms with E-state index < -0.39 is 20.7 Å². The van der Waals surface area contributed by atoms with Gasteiger partial charge in [0.15, 0.2) is 0 Å². The van der Waals surface area contributed by atoms with E-state index in [1.54, 1.807) is 0 Å². The Morgan fingerprint density at radius 1 is 1.39 bits per heavy atom. The van der Waals surface area contributed by atoms with Crippen LogP contribution in [0.1, 0.15) is 5.69 Å². The van der Waals surface area contributed by atoms with Crippen LogP contribution in [-0.4, -0.2) is 13.6 Å². The monoisotopic (exact) mass is 271 g/mol. The molecule has 1 aromatic carbocycles. The SMILES string of the molecule is Nc1cccc(F)c1S(=O)(=O)NCc1ccon1. The van der Waals surface area contributed by atoms with Crippen LogP contribution < -0.4 is 10.5 Å². The predicted octanol–water partition coefficient (Wildman–Crippen LogP) is 0.874. The molecule has 0 amide bonds. The molecular formula is C10H10FN3O3S. The van der Waals surface area contributed by atoms with Crippen molar-refractivity contribution in [2.45, 2.75) is 11.4 Å². The van der Waals surface area contributed by atoms with Gasteiger partial charge in [-0.1, -0.05) is 11.2 Å². The molecule has 0 unspecified atom stereocenters. The summed E-state index contributed by atoms with van der Waals surface area (Å²) in [5, 5.41) is 3.53. The van der Waals surface area contributed by atoms with Crippen molar-refractivity contribution < 1.29 is 17.3 Å². The van der Waals surface area contributed by atoms with E-state index in [0.29, 0.717) is 5.69 Å². The third-order valence-corrected chi connectivity index (χ3v) is 3.69. The summed E-state index contributed by atoms with van der Waals surface area (Å²) in [5.74, 6) is -0.900. The summed E-state index contributed by atoms with van der Waals surface area (Å²) in [6.45, 7) is -0.105. The van der Waals surface area contributed by atoms with Crippen LogP contribution in [-0.2, 0) is 16.6 Å². The molecule has 8 heteroatoms. The van der Waals surface area contributed by atoms with E-state index in [1.807, 2.05) is 0 Å². The van der Waals surface area contributed by atoms with Gasteiger partial charge in [-0.3, -0.25) is 0 Å². The Kier molecular flexibility index (Phi) is 3.30. The molecular weight excluding hydrogens is 261 g/mol. The Balaban J connectivity index is 2.26. The zero-order chi connectivity index (χ0) is 13.2. The molecule has 0 aliphatic carbocycles. The average Bonchev–Trinajstić information content (AvgIpc) is 2.78. The molecule has 0 bridgehead atoms. The fraction of sp³-hybridized carbons (Fsp3) is 0.100. The normalized spacial score (nSPS) is 11.6. The lowest BCUT2D eigenvalue weighted by atomic mass is 10.3. The highest BCUT2D eigenvalue weighted by molar-refractivity contribution is 7.89. The Morgan fingerprint density at radius 2 is 2.17 bits per heavy atom. The van der Waals surface area contributed by atoms with Gasteiger partial charge in [0.1, 0.15) is 17.0 Å². The summed E-state index contributed by atoms with van der Waals surface area (Å²) in [6.07, 6.45) is 1.31. The smallest absolute Gasteiger partial charge is 0.245 e. The summed E-state index contributed by atoms with van der Waals surface area (Å²) >= 11 is 0. The van der Waals surface area contributed by atoms with E-state index in [1.165, 1.54) is 24.5 Å². The van der Waals surface area contributed by atoms with Crippen LogP contribution in [0.25, 0.3) is 0 Å². The van der Waals surface area contributed by atoms with Gasteiger partial charge in [-0.25, -0.2) is 17.5 Å². The van der Waals surface area contributed by atoms with Crippen LogP contribution in [0, 0.1) is 5.82 Å². The van der Waals surface area contributed by atoms with Crippen molar-refractivity contribution in [1.29, 1.82) is 0 Å². The molecule has 0 radical (unpaired) electrons. The zero-order valence-corrected chi connectivity index (χ0v) is 9.95. The topological polar surface area (TPSA) is 98.2 Å². The Hall–Kier alpha value is -1.93. The molecule has 3 N–H and O–H groups in total. The van der Waals surface area contributed by atoms with Gasteiger partial charge in [-0.2, -0.15) is 0 Å². The number of nitrogens with one attached hydrogen (secondary N) is 1. The largest absolute Gasteiger partial charge is 0.398 e. The first kappa shape index (κ1) is 12.5. The van der Waals surface area contributed by atoms with E-state index in [2.05, 4.69) is 14.4 Å². The first-order chi connectivity index (χ1) is 8.50. The van der Waals surface area contributed by atoms with Crippen LogP contribution in [0.5, 0.6) is 0 Å². The molecule has 2 rings (SSSR count). The number of halogens is 1. The summed E-state index contributed by atoms with van der Waals surface area (Å²) < 4.78 is 44.0. The highest BCUT2D eigenvalue weighted by atomic mass is 32.2. The Morgan fingerprint density at radius 3 is 2.78 bits per heavy atom. The number of nitrogen functional groups attached to an aromatic ring is 1. The molecule has 0 saturated carbocycles. The standard InChI is InChI=1S/C10H10FN3O3S/c11-8-2-1-3-9(12)10(8)18(15,16)13-6-7-4-5-17-14-7/h1-5,13H,6,12H2. The summed E-state index contributed by atoms with van der Waals surface area (Å²) in [6, 6.07) is 5.17. The number of hydrogen-bond acceptors (Lipinski definition) is 5. The van der Waals surface area contributed by atoms with E-state index in [4.69, 9.17) is 5.73 Å². The van der Waals surface area contributed by atoms with Gasteiger partial charge >= 0.3 is 0 Å². The number of nitrogens with two attached hydrogens (primary N) is 1. The lowest BCUT2D eigenvalue weighted by molar-refractivity contribution is 0.411. The second kappa shape index (κ2) is 4.75. The maximum Gasteiger partial charge on any atom is 0.245 e. The highest BCUT2D eigenvalue weighted by Gasteiger charge is 2.22. The first-order valence-electron chi connectivity index (χ1n) is 4.93. The molecule has 18 heavy (non-hydrogen) atoms. The minimum absolute atomic E-state index is 0.105. The van der Waals surface area contributed by atoms with Gasteiger partial charge in [-0.05, 0) is 12.1 Å². The van der Waals surface area contributed by atoms with Gasteiger partial charge in [-0.15, -0.1) is 0 Å². The molecule has 6 nitrogen and oxygen atoms in total. The van der Waals surface area contributed by atoms with Crippen LogP contribution in [0.15, 0.2) is 39.9 Å². The molecule has 1 aromatic heterocycles. The number of aromatic nitrogens is 1.